The van der Waals surface area contributed by atoms with E-state index in [9.17, 15) is 5.11 Å². The van der Waals surface area contributed by atoms with E-state index in [4.69, 9.17) is 21.4 Å². The van der Waals surface area contributed by atoms with Crippen LogP contribution in [-0.4, -0.2) is 42.1 Å². The number of aliphatic hydroxyl groups excluding tert-OH is 2. The molecule has 0 spiro atoms. The molecule has 102 valence electrons. The lowest BCUT2D eigenvalue weighted by atomic mass is 10.2. The molecule has 0 bridgehead atoms. The standard InChI is InChI=1S/C13H20ClNO3/c1-9-5-12(3-4-13(9)14)18-8-11(17)7-15-6-10(2)16/h3-5,10-11,15-17H,6-8H2,1-2H3. The SMILES string of the molecule is Cc1cc(OCC(O)CNCC(C)O)ccc1Cl. The summed E-state index contributed by atoms with van der Waals surface area (Å²) in [6.45, 7) is 4.63. The fourth-order valence-electron chi connectivity index (χ4n) is 1.42. The number of rotatable bonds is 7. The van der Waals surface area contributed by atoms with E-state index < -0.39 is 12.2 Å². The van der Waals surface area contributed by atoms with Crippen LogP contribution in [0.4, 0.5) is 0 Å². The van der Waals surface area contributed by atoms with Crippen LogP contribution >= 0.6 is 11.6 Å². The lowest BCUT2D eigenvalue weighted by Gasteiger charge is -2.14. The number of nitrogens with one attached hydrogen (secondary N) is 1. The van der Waals surface area contributed by atoms with Gasteiger partial charge in [0.2, 0.25) is 0 Å². The highest BCUT2D eigenvalue weighted by molar-refractivity contribution is 6.31. The van der Waals surface area contributed by atoms with Crippen LogP contribution in [0.25, 0.3) is 0 Å². The largest absolute Gasteiger partial charge is 0.491 e. The molecule has 5 heteroatoms. The Bertz CT molecular complexity index is 371. The van der Waals surface area contributed by atoms with Crippen molar-refractivity contribution in [2.45, 2.75) is 26.1 Å². The summed E-state index contributed by atoms with van der Waals surface area (Å²) < 4.78 is 5.45. The zero-order chi connectivity index (χ0) is 13.5. The van der Waals surface area contributed by atoms with Crippen LogP contribution in [-0.2, 0) is 0 Å². The number of aliphatic hydroxyl groups is 2. The second-order valence-electron chi connectivity index (χ2n) is 4.38. The third-order valence-electron chi connectivity index (χ3n) is 2.39. The summed E-state index contributed by atoms with van der Waals surface area (Å²) in [6.07, 6.45) is -1.03. The monoisotopic (exact) mass is 273 g/mol. The Morgan fingerprint density at radius 1 is 1.33 bits per heavy atom. The van der Waals surface area contributed by atoms with Gasteiger partial charge in [-0.15, -0.1) is 0 Å². The minimum absolute atomic E-state index is 0.202. The van der Waals surface area contributed by atoms with Crippen LogP contribution in [0, 0.1) is 6.92 Å². The average molecular weight is 274 g/mol. The lowest BCUT2D eigenvalue weighted by molar-refractivity contribution is 0.101. The first kappa shape index (κ1) is 15.2. The number of benzene rings is 1. The number of hydrogen-bond acceptors (Lipinski definition) is 4. The first-order chi connectivity index (χ1) is 8.49. The maximum atomic E-state index is 9.65. The smallest absolute Gasteiger partial charge is 0.119 e. The van der Waals surface area contributed by atoms with E-state index in [0.29, 0.717) is 23.9 Å². The van der Waals surface area contributed by atoms with E-state index in [2.05, 4.69) is 5.32 Å². The second-order valence-corrected chi connectivity index (χ2v) is 4.79. The van der Waals surface area contributed by atoms with Crippen molar-refractivity contribution < 1.29 is 14.9 Å². The molecule has 0 radical (unpaired) electrons. The Labute approximate surface area is 113 Å². The van der Waals surface area contributed by atoms with E-state index in [0.717, 1.165) is 5.56 Å². The topological polar surface area (TPSA) is 61.7 Å². The van der Waals surface area contributed by atoms with Gasteiger partial charge in [-0.05, 0) is 37.6 Å². The van der Waals surface area contributed by atoms with Crippen molar-refractivity contribution in [2.24, 2.45) is 0 Å². The lowest BCUT2D eigenvalue weighted by Crippen LogP contribution is -2.35. The maximum Gasteiger partial charge on any atom is 0.119 e. The number of hydrogen-bond donors (Lipinski definition) is 3. The van der Waals surface area contributed by atoms with Crippen molar-refractivity contribution >= 4 is 11.6 Å². The van der Waals surface area contributed by atoms with Crippen LogP contribution in [0.1, 0.15) is 12.5 Å². The molecule has 0 amide bonds. The molecule has 1 aromatic carbocycles. The van der Waals surface area contributed by atoms with Gasteiger partial charge in [0, 0.05) is 18.1 Å². The molecular formula is C13H20ClNO3. The third-order valence-corrected chi connectivity index (χ3v) is 2.82. The van der Waals surface area contributed by atoms with Crippen LogP contribution in [0.3, 0.4) is 0 Å². The van der Waals surface area contributed by atoms with Gasteiger partial charge in [0.15, 0.2) is 0 Å². The summed E-state index contributed by atoms with van der Waals surface area (Å²) in [5, 5.41) is 22.3. The Morgan fingerprint density at radius 2 is 2.06 bits per heavy atom. The van der Waals surface area contributed by atoms with Crippen molar-refractivity contribution in [2.75, 3.05) is 19.7 Å². The number of ether oxygens (including phenoxy) is 1. The molecule has 1 aromatic rings. The van der Waals surface area contributed by atoms with Crippen molar-refractivity contribution in [3.63, 3.8) is 0 Å². The van der Waals surface area contributed by atoms with Gasteiger partial charge in [-0.3, -0.25) is 0 Å². The van der Waals surface area contributed by atoms with Crippen LogP contribution in [0.2, 0.25) is 5.02 Å². The fraction of sp³-hybridized carbons (Fsp3) is 0.538. The van der Waals surface area contributed by atoms with Gasteiger partial charge in [-0.25, -0.2) is 0 Å². The molecule has 0 aliphatic rings. The minimum atomic E-state index is -0.611. The quantitative estimate of drug-likeness (QED) is 0.702. The Kier molecular flexibility index (Phi) is 6.43. The van der Waals surface area contributed by atoms with Crippen molar-refractivity contribution in [3.8, 4) is 5.75 Å². The molecule has 2 unspecified atom stereocenters. The van der Waals surface area contributed by atoms with E-state index in [1.807, 2.05) is 13.0 Å². The van der Waals surface area contributed by atoms with E-state index in [1.165, 1.54) is 0 Å². The molecule has 3 N–H and O–H groups in total. The van der Waals surface area contributed by atoms with Crippen LogP contribution in [0.15, 0.2) is 18.2 Å². The Morgan fingerprint density at radius 3 is 2.67 bits per heavy atom. The number of aryl methyl sites for hydroxylation is 1. The van der Waals surface area contributed by atoms with Crippen molar-refractivity contribution in [3.05, 3.63) is 28.8 Å². The highest BCUT2D eigenvalue weighted by Crippen LogP contribution is 2.20. The second kappa shape index (κ2) is 7.59. The summed E-state index contributed by atoms with van der Waals surface area (Å²) >= 11 is 5.90. The molecule has 4 nitrogen and oxygen atoms in total. The molecule has 0 heterocycles. The van der Waals surface area contributed by atoms with Gasteiger partial charge in [-0.2, -0.15) is 0 Å². The normalized spacial score (nSPS) is 14.3. The van der Waals surface area contributed by atoms with Crippen molar-refractivity contribution in [1.82, 2.24) is 5.32 Å². The zero-order valence-corrected chi connectivity index (χ0v) is 11.4. The average Bonchev–Trinajstić information content (AvgIpc) is 2.30. The summed E-state index contributed by atoms with van der Waals surface area (Å²) in [5.74, 6) is 0.687. The molecule has 0 aliphatic carbocycles. The van der Waals surface area contributed by atoms with Gasteiger partial charge in [0.05, 0.1) is 6.10 Å². The highest BCUT2D eigenvalue weighted by atomic mass is 35.5. The van der Waals surface area contributed by atoms with Gasteiger partial charge in [0.1, 0.15) is 18.5 Å². The first-order valence-corrected chi connectivity index (χ1v) is 6.32. The van der Waals surface area contributed by atoms with Gasteiger partial charge in [-0.1, -0.05) is 11.6 Å². The highest BCUT2D eigenvalue weighted by Gasteiger charge is 2.06. The molecular weight excluding hydrogens is 254 g/mol. The molecule has 0 aliphatic heterocycles. The molecule has 1 rings (SSSR count). The molecule has 0 aromatic heterocycles. The van der Waals surface area contributed by atoms with Gasteiger partial charge >= 0.3 is 0 Å². The van der Waals surface area contributed by atoms with Crippen LogP contribution in [0.5, 0.6) is 5.75 Å². The van der Waals surface area contributed by atoms with E-state index in [1.54, 1.807) is 19.1 Å². The molecule has 2 atom stereocenters. The number of halogens is 1. The summed E-state index contributed by atoms with van der Waals surface area (Å²) in [6, 6.07) is 5.37. The van der Waals surface area contributed by atoms with Crippen molar-refractivity contribution in [1.29, 1.82) is 0 Å². The molecule has 0 saturated heterocycles. The first-order valence-electron chi connectivity index (χ1n) is 5.95. The Balaban J connectivity index is 2.29. The predicted molar refractivity (Wildman–Crippen MR) is 72.2 cm³/mol. The van der Waals surface area contributed by atoms with Gasteiger partial charge in [0.25, 0.3) is 0 Å². The summed E-state index contributed by atoms with van der Waals surface area (Å²) in [5.41, 5.74) is 0.941. The van der Waals surface area contributed by atoms with E-state index >= 15 is 0 Å². The predicted octanol–water partition coefficient (Wildman–Crippen LogP) is 1.36. The molecule has 0 fully saturated rings. The van der Waals surface area contributed by atoms with E-state index in [-0.39, 0.29) is 6.61 Å². The minimum Gasteiger partial charge on any atom is -0.491 e. The maximum absolute atomic E-state index is 9.65. The van der Waals surface area contributed by atoms with Crippen LogP contribution < -0.4 is 10.1 Å². The molecule has 0 saturated carbocycles. The zero-order valence-electron chi connectivity index (χ0n) is 10.7. The third kappa shape index (κ3) is 5.69. The van der Waals surface area contributed by atoms with Gasteiger partial charge < -0.3 is 20.3 Å². The molecule has 18 heavy (non-hydrogen) atoms. The summed E-state index contributed by atoms with van der Waals surface area (Å²) in [4.78, 5) is 0. The fourth-order valence-corrected chi connectivity index (χ4v) is 1.53. The Hall–Kier alpha value is -0.810. The summed E-state index contributed by atoms with van der Waals surface area (Å²) in [7, 11) is 0.